The van der Waals surface area contributed by atoms with Gasteiger partial charge in [-0.3, -0.25) is 4.79 Å². The lowest BCUT2D eigenvalue weighted by molar-refractivity contribution is -0.132. The van der Waals surface area contributed by atoms with Gasteiger partial charge in [-0.05, 0) is 36.2 Å². The molecule has 2 aromatic carbocycles. The van der Waals surface area contributed by atoms with Gasteiger partial charge < -0.3 is 23.6 Å². The Labute approximate surface area is 175 Å². The number of ether oxygens (including phenoxy) is 3. The Kier molecular flexibility index (Phi) is 6.90. The first-order valence-corrected chi connectivity index (χ1v) is 9.54. The minimum Gasteiger partial charge on any atom is -0.497 e. The minimum atomic E-state index is -0.198. The lowest BCUT2D eigenvalue weighted by atomic mass is 10.2. The van der Waals surface area contributed by atoms with E-state index in [0.29, 0.717) is 34.5 Å². The number of methoxy groups -OCH3 is 2. The molecule has 0 fully saturated rings. The van der Waals surface area contributed by atoms with E-state index in [4.69, 9.17) is 18.7 Å². The van der Waals surface area contributed by atoms with Crippen LogP contribution < -0.4 is 14.2 Å². The minimum absolute atomic E-state index is 0.0741. The molecule has 1 amide bonds. The molecule has 0 aliphatic rings. The van der Waals surface area contributed by atoms with Crippen molar-refractivity contribution < 1.29 is 23.5 Å². The molecule has 0 spiro atoms. The molecule has 0 saturated carbocycles. The van der Waals surface area contributed by atoms with Gasteiger partial charge in [0.25, 0.3) is 5.91 Å². The molecule has 0 aliphatic carbocycles. The third kappa shape index (κ3) is 5.08. The number of aromatic nitrogens is 2. The first-order valence-electron chi connectivity index (χ1n) is 9.54. The van der Waals surface area contributed by atoms with Crippen molar-refractivity contribution in [3.63, 3.8) is 0 Å². The van der Waals surface area contributed by atoms with Crippen LogP contribution in [0.5, 0.6) is 17.2 Å². The average molecular weight is 411 g/mol. The van der Waals surface area contributed by atoms with E-state index in [-0.39, 0.29) is 19.1 Å². The zero-order chi connectivity index (χ0) is 21.5. The summed E-state index contributed by atoms with van der Waals surface area (Å²) < 4.78 is 21.4. The summed E-state index contributed by atoms with van der Waals surface area (Å²) in [6, 6.07) is 13.0. The fraction of sp³-hybridized carbons (Fsp3) is 0.318. The van der Waals surface area contributed by atoms with E-state index >= 15 is 0 Å². The van der Waals surface area contributed by atoms with Crippen molar-refractivity contribution in [3.05, 3.63) is 53.9 Å². The second-order valence-corrected chi connectivity index (χ2v) is 6.61. The molecule has 0 atom stereocenters. The van der Waals surface area contributed by atoms with E-state index in [0.717, 1.165) is 6.42 Å². The molecule has 0 saturated heterocycles. The van der Waals surface area contributed by atoms with Gasteiger partial charge in [-0.25, -0.2) is 0 Å². The molecule has 0 N–H and O–H groups in total. The molecule has 3 aromatic rings. The first-order chi connectivity index (χ1) is 14.5. The number of carbonyl (C=O) groups is 1. The molecule has 3 rings (SSSR count). The highest BCUT2D eigenvalue weighted by molar-refractivity contribution is 5.77. The number of hydrogen-bond acceptors (Lipinski definition) is 7. The van der Waals surface area contributed by atoms with Gasteiger partial charge in [-0.2, -0.15) is 4.98 Å². The van der Waals surface area contributed by atoms with E-state index in [9.17, 15) is 4.79 Å². The Morgan fingerprint density at radius 2 is 1.80 bits per heavy atom. The van der Waals surface area contributed by atoms with Crippen molar-refractivity contribution in [2.24, 2.45) is 0 Å². The Hall–Kier alpha value is -3.55. The van der Waals surface area contributed by atoms with E-state index in [2.05, 4.69) is 17.1 Å². The molecule has 0 unspecified atom stereocenters. The van der Waals surface area contributed by atoms with Gasteiger partial charge >= 0.3 is 0 Å². The summed E-state index contributed by atoms with van der Waals surface area (Å²) >= 11 is 0. The number of aryl methyl sites for hydroxylation is 1. The Bertz CT molecular complexity index is 985. The number of likely N-dealkylation sites (N-methyl/N-ethyl adjacent to an activating group) is 1. The lowest BCUT2D eigenvalue weighted by Gasteiger charge is -2.15. The monoisotopic (exact) mass is 411 g/mol. The Morgan fingerprint density at radius 3 is 2.47 bits per heavy atom. The normalized spacial score (nSPS) is 10.5. The summed E-state index contributed by atoms with van der Waals surface area (Å²) in [4.78, 5) is 18.2. The van der Waals surface area contributed by atoms with Crippen LogP contribution in [0.25, 0.3) is 11.4 Å². The SMILES string of the molecule is CCc1ccc(OCC(=O)N(C)Cc2nc(-c3ccc(OC)cc3OC)no2)cc1. The molecule has 1 aromatic heterocycles. The van der Waals surface area contributed by atoms with Crippen molar-refractivity contribution in [2.45, 2.75) is 19.9 Å². The number of nitrogens with zero attached hydrogens (tertiary/aromatic N) is 3. The highest BCUT2D eigenvalue weighted by Gasteiger charge is 2.17. The van der Waals surface area contributed by atoms with Crippen LogP contribution >= 0.6 is 0 Å². The largest absolute Gasteiger partial charge is 0.497 e. The second kappa shape index (κ2) is 9.78. The first kappa shape index (κ1) is 21.2. The van der Waals surface area contributed by atoms with Crippen LogP contribution in [0, 0.1) is 0 Å². The molecule has 30 heavy (non-hydrogen) atoms. The van der Waals surface area contributed by atoms with Gasteiger partial charge in [-0.15, -0.1) is 0 Å². The Morgan fingerprint density at radius 1 is 1.07 bits per heavy atom. The van der Waals surface area contributed by atoms with E-state index in [1.165, 1.54) is 10.5 Å². The van der Waals surface area contributed by atoms with Crippen LogP contribution in [0.4, 0.5) is 0 Å². The summed E-state index contributed by atoms with van der Waals surface area (Å²) in [5, 5.41) is 4.00. The van der Waals surface area contributed by atoms with E-state index < -0.39 is 0 Å². The molecule has 8 nitrogen and oxygen atoms in total. The molecule has 1 heterocycles. The number of hydrogen-bond donors (Lipinski definition) is 0. The molecule has 0 bridgehead atoms. The molecule has 8 heteroatoms. The van der Waals surface area contributed by atoms with Gasteiger partial charge in [0, 0.05) is 13.1 Å². The second-order valence-electron chi connectivity index (χ2n) is 6.61. The summed E-state index contributed by atoms with van der Waals surface area (Å²) in [6.45, 7) is 2.18. The maximum atomic E-state index is 12.4. The maximum absolute atomic E-state index is 12.4. The van der Waals surface area contributed by atoms with Gasteiger partial charge in [0.05, 0.1) is 26.3 Å². The fourth-order valence-corrected chi connectivity index (χ4v) is 2.78. The molecular formula is C22H25N3O5. The smallest absolute Gasteiger partial charge is 0.260 e. The molecule has 0 aliphatic heterocycles. The van der Waals surface area contributed by atoms with E-state index in [1.54, 1.807) is 39.5 Å². The van der Waals surface area contributed by atoms with Crippen molar-refractivity contribution >= 4 is 5.91 Å². The predicted octanol–water partition coefficient (Wildman–Crippen LogP) is 3.35. The summed E-state index contributed by atoms with van der Waals surface area (Å²) in [5.74, 6) is 2.36. The van der Waals surface area contributed by atoms with Crippen LogP contribution in [0.15, 0.2) is 47.0 Å². The highest BCUT2D eigenvalue weighted by atomic mass is 16.5. The van der Waals surface area contributed by atoms with Crippen LogP contribution in [0.2, 0.25) is 0 Å². The van der Waals surface area contributed by atoms with E-state index in [1.807, 2.05) is 24.3 Å². The zero-order valence-corrected chi connectivity index (χ0v) is 17.5. The zero-order valence-electron chi connectivity index (χ0n) is 17.5. The Balaban J connectivity index is 1.60. The van der Waals surface area contributed by atoms with Crippen molar-refractivity contribution in [1.29, 1.82) is 0 Å². The van der Waals surface area contributed by atoms with Crippen LogP contribution in [-0.2, 0) is 17.8 Å². The lowest BCUT2D eigenvalue weighted by Crippen LogP contribution is -2.31. The van der Waals surface area contributed by atoms with Gasteiger partial charge in [-0.1, -0.05) is 24.2 Å². The quantitative estimate of drug-likeness (QED) is 0.534. The van der Waals surface area contributed by atoms with Gasteiger partial charge in [0.15, 0.2) is 6.61 Å². The van der Waals surface area contributed by atoms with Crippen molar-refractivity contribution in [2.75, 3.05) is 27.9 Å². The fourth-order valence-electron chi connectivity index (χ4n) is 2.78. The average Bonchev–Trinajstić information content (AvgIpc) is 3.25. The third-order valence-electron chi connectivity index (χ3n) is 4.61. The van der Waals surface area contributed by atoms with Gasteiger partial charge in [0.1, 0.15) is 17.2 Å². The number of amides is 1. The summed E-state index contributed by atoms with van der Waals surface area (Å²) in [6.07, 6.45) is 0.955. The molecular weight excluding hydrogens is 386 g/mol. The van der Waals surface area contributed by atoms with Gasteiger partial charge in [0.2, 0.25) is 11.7 Å². The third-order valence-corrected chi connectivity index (χ3v) is 4.61. The number of benzene rings is 2. The summed E-state index contributed by atoms with van der Waals surface area (Å²) in [5.41, 5.74) is 1.88. The summed E-state index contributed by atoms with van der Waals surface area (Å²) in [7, 11) is 4.79. The van der Waals surface area contributed by atoms with Crippen molar-refractivity contribution in [3.8, 4) is 28.6 Å². The number of rotatable bonds is 9. The molecule has 0 radical (unpaired) electrons. The topological polar surface area (TPSA) is 86.9 Å². The maximum Gasteiger partial charge on any atom is 0.260 e. The van der Waals surface area contributed by atoms with Crippen LogP contribution in [0.1, 0.15) is 18.4 Å². The molecule has 158 valence electrons. The predicted molar refractivity (Wildman–Crippen MR) is 111 cm³/mol. The van der Waals surface area contributed by atoms with Crippen LogP contribution in [0.3, 0.4) is 0 Å². The van der Waals surface area contributed by atoms with Crippen molar-refractivity contribution in [1.82, 2.24) is 15.0 Å². The van der Waals surface area contributed by atoms with Crippen LogP contribution in [-0.4, -0.2) is 48.8 Å². The number of carbonyl (C=O) groups excluding carboxylic acids is 1. The standard InChI is InChI=1S/C22H25N3O5/c1-5-15-6-8-16(9-7-15)29-14-21(26)25(2)13-20-23-22(24-30-20)18-11-10-17(27-3)12-19(18)28-4/h6-12H,5,13-14H2,1-4H3. The highest BCUT2D eigenvalue weighted by Crippen LogP contribution is 2.31.